The van der Waals surface area contributed by atoms with Gasteiger partial charge in [-0.2, -0.15) is 5.10 Å². The number of amides is 2. The summed E-state index contributed by atoms with van der Waals surface area (Å²) in [6.45, 7) is 0.158. The third kappa shape index (κ3) is 4.29. The molecule has 8 heteroatoms. The van der Waals surface area contributed by atoms with Gasteiger partial charge in [0.15, 0.2) is 0 Å². The number of aromatic amines is 1. The second kappa shape index (κ2) is 8.02. The second-order valence-electron chi connectivity index (χ2n) is 5.43. The van der Waals surface area contributed by atoms with E-state index in [0.717, 1.165) is 0 Å². The van der Waals surface area contributed by atoms with Crippen LogP contribution in [0, 0.1) is 5.82 Å². The van der Waals surface area contributed by atoms with Gasteiger partial charge >= 0.3 is 0 Å². The Balaban J connectivity index is 1.55. The molecular formula is C18H16FN5O2. The van der Waals surface area contributed by atoms with Gasteiger partial charge in [0, 0.05) is 24.7 Å². The second-order valence-corrected chi connectivity index (χ2v) is 5.43. The number of hydrogen-bond donors (Lipinski definition) is 3. The van der Waals surface area contributed by atoms with E-state index < -0.39 is 0 Å². The summed E-state index contributed by atoms with van der Waals surface area (Å²) < 4.78 is 13.0. The highest BCUT2D eigenvalue weighted by atomic mass is 19.1. The van der Waals surface area contributed by atoms with Gasteiger partial charge in [-0.1, -0.05) is 6.07 Å². The molecule has 0 atom stereocenters. The maximum atomic E-state index is 13.0. The van der Waals surface area contributed by atoms with Crippen LogP contribution in [0.3, 0.4) is 0 Å². The van der Waals surface area contributed by atoms with Gasteiger partial charge < -0.3 is 10.6 Å². The number of anilines is 1. The van der Waals surface area contributed by atoms with Crippen molar-refractivity contribution in [3.63, 3.8) is 0 Å². The predicted molar refractivity (Wildman–Crippen MR) is 93.8 cm³/mol. The minimum atomic E-state index is -0.372. The lowest BCUT2D eigenvalue weighted by Crippen LogP contribution is -2.27. The van der Waals surface area contributed by atoms with Gasteiger partial charge in [0.1, 0.15) is 11.6 Å². The Labute approximate surface area is 148 Å². The molecule has 0 radical (unpaired) electrons. The highest BCUT2D eigenvalue weighted by Gasteiger charge is 2.15. The van der Waals surface area contributed by atoms with Crippen LogP contribution in [-0.4, -0.2) is 33.5 Å². The quantitative estimate of drug-likeness (QED) is 0.633. The molecule has 3 aromatic rings. The molecule has 0 unspecified atom stereocenters. The number of carbonyl (C=O) groups excluding carboxylic acids is 2. The van der Waals surface area contributed by atoms with E-state index in [2.05, 4.69) is 25.8 Å². The smallest absolute Gasteiger partial charge is 0.255 e. The Hall–Kier alpha value is -3.55. The summed E-state index contributed by atoms with van der Waals surface area (Å²) in [4.78, 5) is 28.2. The summed E-state index contributed by atoms with van der Waals surface area (Å²) >= 11 is 0. The summed E-state index contributed by atoms with van der Waals surface area (Å²) in [7, 11) is 0. The first-order valence-corrected chi connectivity index (χ1v) is 7.92. The van der Waals surface area contributed by atoms with Crippen molar-refractivity contribution in [3.05, 3.63) is 66.2 Å². The summed E-state index contributed by atoms with van der Waals surface area (Å²) in [5.74, 6) is -0.533. The first-order chi connectivity index (χ1) is 12.6. The van der Waals surface area contributed by atoms with Gasteiger partial charge in [-0.3, -0.25) is 14.7 Å². The van der Waals surface area contributed by atoms with Gasteiger partial charge in [-0.15, -0.1) is 0 Å². The zero-order valence-electron chi connectivity index (χ0n) is 13.7. The van der Waals surface area contributed by atoms with Gasteiger partial charge in [-0.25, -0.2) is 9.37 Å². The van der Waals surface area contributed by atoms with E-state index in [1.54, 1.807) is 36.5 Å². The van der Waals surface area contributed by atoms with E-state index in [-0.39, 0.29) is 30.6 Å². The number of nitrogens with zero attached hydrogens (tertiary/aromatic N) is 2. The van der Waals surface area contributed by atoms with E-state index in [4.69, 9.17) is 0 Å². The molecule has 0 saturated heterocycles. The van der Waals surface area contributed by atoms with Crippen molar-refractivity contribution in [2.75, 3.05) is 11.9 Å². The molecule has 2 aromatic heterocycles. The maximum absolute atomic E-state index is 13.0. The minimum Gasteiger partial charge on any atom is -0.351 e. The van der Waals surface area contributed by atoms with Crippen LogP contribution in [0.5, 0.6) is 0 Å². The number of halogens is 1. The lowest BCUT2D eigenvalue weighted by Gasteiger charge is -2.07. The van der Waals surface area contributed by atoms with Crippen molar-refractivity contribution < 1.29 is 14.0 Å². The van der Waals surface area contributed by atoms with Crippen LogP contribution in [0.2, 0.25) is 0 Å². The monoisotopic (exact) mass is 353 g/mol. The average Bonchev–Trinajstić information content (AvgIpc) is 3.13. The SMILES string of the molecule is O=C(CCNC(=O)c1cn[nH]c1-c1ccc(F)cc1)Nc1ccccn1. The number of H-pyrrole nitrogens is 1. The molecule has 0 spiro atoms. The lowest BCUT2D eigenvalue weighted by atomic mass is 10.1. The number of nitrogens with one attached hydrogen (secondary N) is 3. The van der Waals surface area contributed by atoms with Crippen LogP contribution in [0.4, 0.5) is 10.2 Å². The zero-order chi connectivity index (χ0) is 18.4. The zero-order valence-corrected chi connectivity index (χ0v) is 13.7. The summed E-state index contributed by atoms with van der Waals surface area (Å²) in [5, 5.41) is 11.9. The Kier molecular flexibility index (Phi) is 5.33. The summed E-state index contributed by atoms with van der Waals surface area (Å²) in [6.07, 6.45) is 3.07. The molecular weight excluding hydrogens is 337 g/mol. The predicted octanol–water partition coefficient (Wildman–Crippen LogP) is 2.37. The molecule has 0 aliphatic carbocycles. The van der Waals surface area contributed by atoms with E-state index in [0.29, 0.717) is 22.6 Å². The van der Waals surface area contributed by atoms with Gasteiger partial charge in [0.25, 0.3) is 5.91 Å². The molecule has 0 saturated carbocycles. The number of benzene rings is 1. The number of pyridine rings is 1. The van der Waals surface area contributed by atoms with Crippen LogP contribution >= 0.6 is 0 Å². The van der Waals surface area contributed by atoms with Crippen molar-refractivity contribution >= 4 is 17.6 Å². The molecule has 2 amide bonds. The standard InChI is InChI=1S/C18H16FN5O2/c19-13-6-4-12(5-7-13)17-14(11-22-24-17)18(26)21-10-8-16(25)23-15-3-1-2-9-20-15/h1-7,9,11H,8,10H2,(H,21,26)(H,22,24)(H,20,23,25). The molecule has 0 fully saturated rings. The highest BCUT2D eigenvalue weighted by Crippen LogP contribution is 2.21. The fourth-order valence-electron chi connectivity index (χ4n) is 2.32. The molecule has 3 N–H and O–H groups in total. The summed E-state index contributed by atoms with van der Waals surface area (Å²) in [6, 6.07) is 10.9. The topological polar surface area (TPSA) is 99.8 Å². The third-order valence-electron chi connectivity index (χ3n) is 3.59. The molecule has 0 aliphatic rings. The van der Waals surface area contributed by atoms with E-state index >= 15 is 0 Å². The molecule has 2 heterocycles. The molecule has 1 aromatic carbocycles. The van der Waals surface area contributed by atoms with Crippen molar-refractivity contribution in [1.82, 2.24) is 20.5 Å². The average molecular weight is 353 g/mol. The fourth-order valence-corrected chi connectivity index (χ4v) is 2.32. The maximum Gasteiger partial charge on any atom is 0.255 e. The molecule has 0 aliphatic heterocycles. The lowest BCUT2D eigenvalue weighted by molar-refractivity contribution is -0.116. The van der Waals surface area contributed by atoms with Crippen LogP contribution in [0.1, 0.15) is 16.8 Å². The van der Waals surface area contributed by atoms with Crippen molar-refractivity contribution in [3.8, 4) is 11.3 Å². The highest BCUT2D eigenvalue weighted by molar-refractivity contribution is 6.00. The molecule has 132 valence electrons. The van der Waals surface area contributed by atoms with Crippen LogP contribution in [0.15, 0.2) is 54.9 Å². The molecule has 0 bridgehead atoms. The largest absolute Gasteiger partial charge is 0.351 e. The third-order valence-corrected chi connectivity index (χ3v) is 3.59. The Bertz CT molecular complexity index is 893. The first-order valence-electron chi connectivity index (χ1n) is 7.92. The van der Waals surface area contributed by atoms with Crippen molar-refractivity contribution in [1.29, 1.82) is 0 Å². The number of carbonyl (C=O) groups is 2. The first kappa shape index (κ1) is 17.3. The number of hydrogen-bond acceptors (Lipinski definition) is 4. The molecule has 7 nitrogen and oxygen atoms in total. The Morgan fingerprint density at radius 1 is 1.12 bits per heavy atom. The number of rotatable bonds is 6. The van der Waals surface area contributed by atoms with Crippen molar-refractivity contribution in [2.45, 2.75) is 6.42 Å². The van der Waals surface area contributed by atoms with Crippen molar-refractivity contribution in [2.24, 2.45) is 0 Å². The molecule has 26 heavy (non-hydrogen) atoms. The number of aromatic nitrogens is 3. The fraction of sp³-hybridized carbons (Fsp3) is 0.111. The molecule has 3 rings (SSSR count). The van der Waals surface area contributed by atoms with Gasteiger partial charge in [0.2, 0.25) is 5.91 Å². The Morgan fingerprint density at radius 3 is 2.65 bits per heavy atom. The van der Waals surface area contributed by atoms with Crippen LogP contribution < -0.4 is 10.6 Å². The Morgan fingerprint density at radius 2 is 1.92 bits per heavy atom. The van der Waals surface area contributed by atoms with Crippen LogP contribution in [-0.2, 0) is 4.79 Å². The van der Waals surface area contributed by atoms with E-state index in [9.17, 15) is 14.0 Å². The summed E-state index contributed by atoms with van der Waals surface area (Å²) in [5.41, 5.74) is 1.45. The van der Waals surface area contributed by atoms with Gasteiger partial charge in [0.05, 0.1) is 17.5 Å². The van der Waals surface area contributed by atoms with E-state index in [1.165, 1.54) is 18.3 Å². The van der Waals surface area contributed by atoms with Gasteiger partial charge in [-0.05, 0) is 36.4 Å². The van der Waals surface area contributed by atoms with Crippen LogP contribution in [0.25, 0.3) is 11.3 Å². The minimum absolute atomic E-state index is 0.103. The normalized spacial score (nSPS) is 10.3. The van der Waals surface area contributed by atoms with E-state index in [1.807, 2.05) is 0 Å².